The van der Waals surface area contributed by atoms with Gasteiger partial charge in [0.15, 0.2) is 0 Å². The van der Waals surface area contributed by atoms with Gasteiger partial charge in [-0.3, -0.25) is 0 Å². The van der Waals surface area contributed by atoms with E-state index < -0.39 is 0 Å². The molecule has 0 aliphatic heterocycles. The van der Waals surface area contributed by atoms with Crippen molar-refractivity contribution in [3.05, 3.63) is 29.8 Å². The van der Waals surface area contributed by atoms with Crippen molar-refractivity contribution < 1.29 is 4.74 Å². The molecule has 0 bridgehead atoms. The zero-order chi connectivity index (χ0) is 8.10. The van der Waals surface area contributed by atoms with Gasteiger partial charge < -0.3 is 4.74 Å². The molecular formula is C9H8NO. The SMILES string of the molecule is CCOc1c[c]c(C#N)cc1. The van der Waals surface area contributed by atoms with Crippen LogP contribution >= 0.6 is 0 Å². The first-order valence-corrected chi connectivity index (χ1v) is 3.41. The van der Waals surface area contributed by atoms with Gasteiger partial charge >= 0.3 is 0 Å². The summed E-state index contributed by atoms with van der Waals surface area (Å²) in [4.78, 5) is 0. The maximum absolute atomic E-state index is 8.44. The van der Waals surface area contributed by atoms with E-state index in [1.165, 1.54) is 0 Å². The van der Waals surface area contributed by atoms with Gasteiger partial charge in [-0.15, -0.1) is 0 Å². The maximum Gasteiger partial charge on any atom is 0.119 e. The van der Waals surface area contributed by atoms with E-state index in [1.807, 2.05) is 13.0 Å². The zero-order valence-electron chi connectivity index (χ0n) is 6.29. The summed E-state index contributed by atoms with van der Waals surface area (Å²) >= 11 is 0. The van der Waals surface area contributed by atoms with Crippen molar-refractivity contribution in [2.45, 2.75) is 6.92 Å². The molecule has 0 amide bonds. The number of nitriles is 1. The second kappa shape index (κ2) is 3.62. The molecule has 0 aromatic heterocycles. The highest BCUT2D eigenvalue weighted by Gasteiger charge is 1.91. The Morgan fingerprint density at radius 3 is 2.91 bits per heavy atom. The van der Waals surface area contributed by atoms with Gasteiger partial charge in [-0.25, -0.2) is 0 Å². The van der Waals surface area contributed by atoms with Crippen molar-refractivity contribution >= 4 is 0 Å². The lowest BCUT2D eigenvalue weighted by Crippen LogP contribution is -1.90. The third-order valence-corrected chi connectivity index (χ3v) is 1.22. The first kappa shape index (κ1) is 7.62. The predicted octanol–water partition coefficient (Wildman–Crippen LogP) is 1.76. The average molecular weight is 146 g/mol. The van der Waals surface area contributed by atoms with Gasteiger partial charge in [0, 0.05) is 6.07 Å². The molecule has 0 aliphatic carbocycles. The molecule has 11 heavy (non-hydrogen) atoms. The lowest BCUT2D eigenvalue weighted by Gasteiger charge is -2.00. The predicted molar refractivity (Wildman–Crippen MR) is 41.2 cm³/mol. The highest BCUT2D eigenvalue weighted by Crippen LogP contribution is 2.10. The molecule has 0 fully saturated rings. The number of rotatable bonds is 2. The molecular weight excluding hydrogens is 138 g/mol. The van der Waals surface area contributed by atoms with Crippen LogP contribution in [0.25, 0.3) is 0 Å². The van der Waals surface area contributed by atoms with Crippen LogP contribution < -0.4 is 4.74 Å². The van der Waals surface area contributed by atoms with E-state index in [-0.39, 0.29) is 0 Å². The number of nitrogens with zero attached hydrogens (tertiary/aromatic N) is 1. The third kappa shape index (κ3) is 1.98. The van der Waals surface area contributed by atoms with E-state index in [0.29, 0.717) is 12.2 Å². The van der Waals surface area contributed by atoms with Crippen molar-refractivity contribution in [2.75, 3.05) is 6.61 Å². The van der Waals surface area contributed by atoms with Crippen molar-refractivity contribution in [3.63, 3.8) is 0 Å². The molecule has 0 N–H and O–H groups in total. The van der Waals surface area contributed by atoms with Gasteiger partial charge in [-0.05, 0) is 25.1 Å². The highest BCUT2D eigenvalue weighted by atomic mass is 16.5. The fourth-order valence-electron chi connectivity index (χ4n) is 0.737. The lowest BCUT2D eigenvalue weighted by molar-refractivity contribution is 0.340. The topological polar surface area (TPSA) is 33.0 Å². The van der Waals surface area contributed by atoms with Gasteiger partial charge in [-0.1, -0.05) is 0 Å². The van der Waals surface area contributed by atoms with Crippen LogP contribution in [0.2, 0.25) is 0 Å². The fourth-order valence-corrected chi connectivity index (χ4v) is 0.737. The number of hydrogen-bond donors (Lipinski definition) is 0. The minimum atomic E-state index is 0.536. The fraction of sp³-hybridized carbons (Fsp3) is 0.222. The molecule has 0 unspecified atom stereocenters. The maximum atomic E-state index is 8.44. The second-order valence-corrected chi connectivity index (χ2v) is 1.98. The summed E-state index contributed by atoms with van der Waals surface area (Å²) in [5.41, 5.74) is 0.536. The van der Waals surface area contributed by atoms with Crippen molar-refractivity contribution in [3.8, 4) is 11.8 Å². The van der Waals surface area contributed by atoms with E-state index in [0.717, 1.165) is 5.75 Å². The van der Waals surface area contributed by atoms with Gasteiger partial charge in [-0.2, -0.15) is 5.26 Å². The summed E-state index contributed by atoms with van der Waals surface area (Å²) < 4.78 is 5.16. The van der Waals surface area contributed by atoms with Gasteiger partial charge in [0.25, 0.3) is 0 Å². The van der Waals surface area contributed by atoms with Crippen LogP contribution in [0.15, 0.2) is 18.2 Å². The summed E-state index contributed by atoms with van der Waals surface area (Å²) in [7, 11) is 0. The summed E-state index contributed by atoms with van der Waals surface area (Å²) in [6.07, 6.45) is 0. The first-order chi connectivity index (χ1) is 5.36. The van der Waals surface area contributed by atoms with Crippen LogP contribution in [0.4, 0.5) is 0 Å². The van der Waals surface area contributed by atoms with Gasteiger partial charge in [0.2, 0.25) is 0 Å². The van der Waals surface area contributed by atoms with Crippen molar-refractivity contribution in [1.29, 1.82) is 5.26 Å². The number of ether oxygens (including phenoxy) is 1. The Kier molecular flexibility index (Phi) is 2.51. The summed E-state index contributed by atoms with van der Waals surface area (Å²) in [5, 5.41) is 8.44. The molecule has 0 atom stereocenters. The Balaban J connectivity index is 2.76. The molecule has 0 aliphatic rings. The zero-order valence-corrected chi connectivity index (χ0v) is 6.29. The van der Waals surface area contributed by atoms with Crippen molar-refractivity contribution in [2.24, 2.45) is 0 Å². The monoisotopic (exact) mass is 146 g/mol. The Morgan fingerprint density at radius 1 is 1.64 bits per heavy atom. The Hall–Kier alpha value is -1.49. The summed E-state index contributed by atoms with van der Waals surface area (Å²) in [6, 6.07) is 9.89. The molecule has 0 spiro atoms. The summed E-state index contributed by atoms with van der Waals surface area (Å²) in [6.45, 7) is 2.55. The molecule has 0 saturated carbocycles. The quantitative estimate of drug-likeness (QED) is 0.636. The van der Waals surface area contributed by atoms with E-state index in [4.69, 9.17) is 10.00 Å². The highest BCUT2D eigenvalue weighted by molar-refractivity contribution is 5.33. The number of hydrogen-bond acceptors (Lipinski definition) is 2. The molecule has 1 rings (SSSR count). The Morgan fingerprint density at radius 2 is 2.45 bits per heavy atom. The molecule has 1 aromatic rings. The minimum absolute atomic E-state index is 0.536. The van der Waals surface area contributed by atoms with Gasteiger partial charge in [0.1, 0.15) is 5.75 Å². The van der Waals surface area contributed by atoms with Crippen molar-refractivity contribution in [1.82, 2.24) is 0 Å². The Labute approximate surface area is 66.0 Å². The summed E-state index contributed by atoms with van der Waals surface area (Å²) in [5.74, 6) is 0.756. The first-order valence-electron chi connectivity index (χ1n) is 3.41. The molecule has 2 nitrogen and oxygen atoms in total. The van der Waals surface area contributed by atoms with Crippen LogP contribution in [0.3, 0.4) is 0 Å². The number of benzene rings is 1. The van der Waals surface area contributed by atoms with Crippen LogP contribution in [-0.2, 0) is 0 Å². The standard InChI is InChI=1S/C9H8NO/c1-2-11-9-5-3-8(7-10)4-6-9/h3,5-6H,2H2,1H3. The second-order valence-electron chi connectivity index (χ2n) is 1.98. The molecule has 55 valence electrons. The third-order valence-electron chi connectivity index (χ3n) is 1.22. The Bertz CT molecular complexity index is 258. The van der Waals surface area contributed by atoms with Crippen LogP contribution in [0.1, 0.15) is 12.5 Å². The van der Waals surface area contributed by atoms with E-state index >= 15 is 0 Å². The molecule has 1 radical (unpaired) electrons. The van der Waals surface area contributed by atoms with Crippen LogP contribution in [0.5, 0.6) is 5.75 Å². The molecule has 0 saturated heterocycles. The average Bonchev–Trinajstić information content (AvgIpc) is 2.07. The van der Waals surface area contributed by atoms with Gasteiger partial charge in [0.05, 0.1) is 18.2 Å². The minimum Gasteiger partial charge on any atom is -0.494 e. The van der Waals surface area contributed by atoms with Crippen LogP contribution in [-0.4, -0.2) is 6.61 Å². The molecule has 2 heteroatoms. The van der Waals surface area contributed by atoms with Crippen LogP contribution in [0, 0.1) is 17.4 Å². The van der Waals surface area contributed by atoms with E-state index in [2.05, 4.69) is 6.07 Å². The largest absolute Gasteiger partial charge is 0.494 e. The molecule has 0 heterocycles. The van der Waals surface area contributed by atoms with E-state index in [1.54, 1.807) is 18.2 Å². The lowest BCUT2D eigenvalue weighted by atomic mass is 10.2. The van der Waals surface area contributed by atoms with E-state index in [9.17, 15) is 0 Å². The smallest absolute Gasteiger partial charge is 0.119 e. The normalized spacial score (nSPS) is 8.73. The molecule has 1 aromatic carbocycles.